The number of piperazine rings is 1. The summed E-state index contributed by atoms with van der Waals surface area (Å²) in [6.45, 7) is 3.18. The predicted octanol–water partition coefficient (Wildman–Crippen LogP) is 1.19. The smallest absolute Gasteiger partial charge is 0.313 e. The van der Waals surface area contributed by atoms with Crippen LogP contribution in [0.5, 0.6) is 0 Å². The number of carbonyl (C=O) groups is 2. The van der Waals surface area contributed by atoms with Crippen molar-refractivity contribution in [3.8, 4) is 0 Å². The van der Waals surface area contributed by atoms with Crippen LogP contribution in [-0.2, 0) is 16.1 Å². The number of amides is 2. The zero-order chi connectivity index (χ0) is 21.5. The fourth-order valence-corrected chi connectivity index (χ4v) is 5.49. The van der Waals surface area contributed by atoms with Gasteiger partial charge in [-0.2, -0.15) is 0 Å². The van der Waals surface area contributed by atoms with Crippen molar-refractivity contribution in [1.29, 1.82) is 0 Å². The molecule has 3 fully saturated rings. The number of aromatic nitrogens is 2. The van der Waals surface area contributed by atoms with Gasteiger partial charge < -0.3 is 9.80 Å². The van der Waals surface area contributed by atoms with Gasteiger partial charge >= 0.3 is 11.8 Å². The van der Waals surface area contributed by atoms with E-state index in [0.717, 1.165) is 49.1 Å². The van der Waals surface area contributed by atoms with Gasteiger partial charge in [0.15, 0.2) is 0 Å². The van der Waals surface area contributed by atoms with Crippen LogP contribution >= 0.6 is 11.6 Å². The maximum atomic E-state index is 12.9. The van der Waals surface area contributed by atoms with Crippen molar-refractivity contribution in [1.82, 2.24) is 30.0 Å². The molecule has 0 saturated carbocycles. The molecule has 0 aliphatic carbocycles. The SMILES string of the molecule is CN1C(=O)C(=O)N(C2CCN(Cc3cccc4nccnc34)CC2)C2NCC(Cl)CC21. The molecule has 8 nitrogen and oxygen atoms in total. The molecule has 1 N–H and O–H groups in total. The van der Waals surface area contributed by atoms with Crippen molar-refractivity contribution in [2.75, 3.05) is 26.7 Å². The summed E-state index contributed by atoms with van der Waals surface area (Å²) in [7, 11) is 1.71. The van der Waals surface area contributed by atoms with Gasteiger partial charge in [-0.1, -0.05) is 12.1 Å². The Bertz CT molecular complexity index is 990. The molecule has 3 atom stereocenters. The van der Waals surface area contributed by atoms with Gasteiger partial charge in [0, 0.05) is 57.0 Å². The summed E-state index contributed by atoms with van der Waals surface area (Å²) in [6.07, 6.45) is 5.67. The Morgan fingerprint density at radius 3 is 2.71 bits per heavy atom. The number of likely N-dealkylation sites (tertiary alicyclic amines) is 1. The molecule has 0 radical (unpaired) electrons. The van der Waals surface area contributed by atoms with Gasteiger partial charge in [0.25, 0.3) is 0 Å². The van der Waals surface area contributed by atoms with Crippen molar-refractivity contribution in [3.05, 3.63) is 36.2 Å². The summed E-state index contributed by atoms with van der Waals surface area (Å²) in [5.74, 6) is -0.822. The second kappa shape index (κ2) is 8.33. The van der Waals surface area contributed by atoms with Crippen LogP contribution in [0.1, 0.15) is 24.8 Å². The summed E-state index contributed by atoms with van der Waals surface area (Å²) < 4.78 is 0. The van der Waals surface area contributed by atoms with Crippen LogP contribution in [0.2, 0.25) is 0 Å². The molecule has 3 aliphatic heterocycles. The van der Waals surface area contributed by atoms with E-state index in [1.165, 1.54) is 0 Å². The number of halogens is 1. The molecule has 2 amide bonds. The molecule has 4 heterocycles. The van der Waals surface area contributed by atoms with Crippen LogP contribution in [0.25, 0.3) is 11.0 Å². The van der Waals surface area contributed by atoms with Crippen LogP contribution in [-0.4, -0.2) is 86.8 Å². The number of hydrogen-bond acceptors (Lipinski definition) is 6. The molecule has 5 rings (SSSR count). The molecule has 3 saturated heterocycles. The Labute approximate surface area is 186 Å². The number of piperidine rings is 2. The Hall–Kier alpha value is -2.29. The molecule has 0 spiro atoms. The van der Waals surface area contributed by atoms with Crippen molar-refractivity contribution < 1.29 is 9.59 Å². The highest BCUT2D eigenvalue weighted by atomic mass is 35.5. The number of likely N-dealkylation sites (N-methyl/N-ethyl adjacent to an activating group) is 1. The topological polar surface area (TPSA) is 81.7 Å². The Balaban J connectivity index is 1.28. The average molecular weight is 443 g/mol. The van der Waals surface area contributed by atoms with E-state index >= 15 is 0 Å². The number of carbonyl (C=O) groups excluding carboxylic acids is 2. The number of hydrogen-bond donors (Lipinski definition) is 1. The van der Waals surface area contributed by atoms with Crippen LogP contribution in [0.15, 0.2) is 30.6 Å². The first-order valence-corrected chi connectivity index (χ1v) is 11.3. The second-order valence-corrected chi connectivity index (χ2v) is 9.35. The fraction of sp³-hybridized carbons (Fsp3) is 0.545. The quantitative estimate of drug-likeness (QED) is 0.568. The van der Waals surface area contributed by atoms with Gasteiger partial charge in [-0.15, -0.1) is 11.6 Å². The van der Waals surface area contributed by atoms with E-state index in [2.05, 4.69) is 26.3 Å². The van der Waals surface area contributed by atoms with Gasteiger partial charge in [-0.05, 0) is 30.9 Å². The lowest BCUT2D eigenvalue weighted by molar-refractivity contribution is -0.167. The van der Waals surface area contributed by atoms with Crippen molar-refractivity contribution >= 4 is 34.4 Å². The Morgan fingerprint density at radius 2 is 1.90 bits per heavy atom. The number of para-hydroxylation sites is 1. The molecule has 1 aromatic carbocycles. The van der Waals surface area contributed by atoms with Gasteiger partial charge in [0.05, 0.1) is 17.1 Å². The number of nitrogens with zero attached hydrogens (tertiary/aromatic N) is 5. The minimum atomic E-state index is -0.425. The predicted molar refractivity (Wildman–Crippen MR) is 117 cm³/mol. The van der Waals surface area contributed by atoms with E-state index < -0.39 is 11.8 Å². The maximum Gasteiger partial charge on any atom is 0.313 e. The lowest BCUT2D eigenvalue weighted by Crippen LogP contribution is -2.73. The average Bonchev–Trinajstić information content (AvgIpc) is 2.79. The summed E-state index contributed by atoms with van der Waals surface area (Å²) in [5.41, 5.74) is 3.01. The summed E-state index contributed by atoms with van der Waals surface area (Å²) >= 11 is 6.34. The fourth-order valence-electron chi connectivity index (χ4n) is 5.22. The minimum Gasteiger partial charge on any atom is -0.331 e. The van der Waals surface area contributed by atoms with E-state index in [-0.39, 0.29) is 23.6 Å². The van der Waals surface area contributed by atoms with Crippen molar-refractivity contribution in [3.63, 3.8) is 0 Å². The number of rotatable bonds is 3. The first kappa shape index (κ1) is 20.6. The molecular weight excluding hydrogens is 416 g/mol. The maximum absolute atomic E-state index is 12.9. The zero-order valence-corrected chi connectivity index (χ0v) is 18.3. The Kier molecular flexibility index (Phi) is 5.54. The lowest BCUT2D eigenvalue weighted by Gasteiger charge is -2.52. The molecule has 3 unspecified atom stereocenters. The van der Waals surface area contributed by atoms with Crippen molar-refractivity contribution in [2.45, 2.75) is 49.4 Å². The number of benzene rings is 1. The summed E-state index contributed by atoms with van der Waals surface area (Å²) in [6, 6.07) is 6.08. The number of fused-ring (bicyclic) bond motifs is 2. The summed E-state index contributed by atoms with van der Waals surface area (Å²) in [5, 5.41) is 3.39. The van der Waals surface area contributed by atoms with E-state index in [4.69, 9.17) is 11.6 Å². The largest absolute Gasteiger partial charge is 0.331 e. The molecular formula is C22H27ClN6O2. The van der Waals surface area contributed by atoms with E-state index in [1.54, 1.807) is 24.3 Å². The van der Waals surface area contributed by atoms with Gasteiger partial charge in [-0.25, -0.2) is 0 Å². The third-order valence-electron chi connectivity index (χ3n) is 6.87. The Morgan fingerprint density at radius 1 is 1.13 bits per heavy atom. The van der Waals surface area contributed by atoms with Crippen LogP contribution in [0.4, 0.5) is 0 Å². The molecule has 2 aromatic rings. The van der Waals surface area contributed by atoms with Crippen LogP contribution in [0, 0.1) is 0 Å². The molecule has 31 heavy (non-hydrogen) atoms. The summed E-state index contributed by atoms with van der Waals surface area (Å²) in [4.78, 5) is 40.2. The minimum absolute atomic E-state index is 0.0304. The third kappa shape index (κ3) is 3.77. The van der Waals surface area contributed by atoms with Crippen molar-refractivity contribution in [2.24, 2.45) is 0 Å². The van der Waals surface area contributed by atoms with Gasteiger partial charge in [0.1, 0.15) is 6.17 Å². The first-order chi connectivity index (χ1) is 15.0. The normalized spacial score (nSPS) is 28.3. The van der Waals surface area contributed by atoms with E-state index in [1.807, 2.05) is 17.0 Å². The second-order valence-electron chi connectivity index (χ2n) is 8.73. The number of alkyl halides is 1. The van der Waals surface area contributed by atoms with E-state index in [0.29, 0.717) is 13.0 Å². The van der Waals surface area contributed by atoms with Crippen LogP contribution in [0.3, 0.4) is 0 Å². The molecule has 0 bridgehead atoms. The zero-order valence-electron chi connectivity index (χ0n) is 17.6. The first-order valence-electron chi connectivity index (χ1n) is 10.9. The molecule has 9 heteroatoms. The molecule has 1 aromatic heterocycles. The van der Waals surface area contributed by atoms with Gasteiger partial charge in [-0.3, -0.25) is 29.8 Å². The van der Waals surface area contributed by atoms with Crippen LogP contribution < -0.4 is 5.32 Å². The molecule has 164 valence electrons. The highest BCUT2D eigenvalue weighted by Gasteiger charge is 2.49. The monoisotopic (exact) mass is 442 g/mol. The number of nitrogens with one attached hydrogen (secondary N) is 1. The van der Waals surface area contributed by atoms with Gasteiger partial charge in [0.2, 0.25) is 0 Å². The molecule has 3 aliphatic rings. The van der Waals surface area contributed by atoms with E-state index in [9.17, 15) is 9.59 Å². The highest BCUT2D eigenvalue weighted by Crippen LogP contribution is 2.30. The standard InChI is InChI=1S/C22H27ClN6O2/c1-27-18-11-15(23)12-26-20(18)29(22(31)21(27)30)16-5-9-28(10-6-16)13-14-3-2-4-17-19(14)25-8-7-24-17/h2-4,7-8,15-16,18,20,26H,5-6,9-13H2,1H3. The lowest BCUT2D eigenvalue weighted by atomic mass is 9.93. The third-order valence-corrected chi connectivity index (χ3v) is 7.20. The highest BCUT2D eigenvalue weighted by molar-refractivity contribution is 6.35.